The van der Waals surface area contributed by atoms with Gasteiger partial charge >= 0.3 is 6.18 Å². The minimum Gasteiger partial charge on any atom is -0.389 e. The number of hydrogen-bond donors (Lipinski definition) is 1. The summed E-state index contributed by atoms with van der Waals surface area (Å²) >= 11 is 0. The summed E-state index contributed by atoms with van der Waals surface area (Å²) in [4.78, 5) is 10.3. The number of rotatable bonds is 3. The standard InChI is InChI=1S/C12H10F3N3O3/c1-7(19)8-2-3-9(10(6-8)18(20)21)17-5-4-11(16-17)12(13,14)15/h2-7,19H,1H3/t7-/m1/s1. The molecule has 0 radical (unpaired) electrons. The van der Waals surface area contributed by atoms with Crippen LogP contribution < -0.4 is 0 Å². The van der Waals surface area contributed by atoms with E-state index < -0.39 is 28.6 Å². The molecule has 0 spiro atoms. The summed E-state index contributed by atoms with van der Waals surface area (Å²) < 4.78 is 38.3. The van der Waals surface area contributed by atoms with Gasteiger partial charge in [0.05, 0.1) is 11.0 Å². The zero-order valence-electron chi connectivity index (χ0n) is 10.7. The molecule has 0 saturated carbocycles. The number of alkyl halides is 3. The monoisotopic (exact) mass is 301 g/mol. The number of nitro benzene ring substituents is 1. The number of nitrogens with zero attached hydrogens (tertiary/aromatic N) is 3. The van der Waals surface area contributed by atoms with Crippen LogP contribution in [-0.4, -0.2) is 19.8 Å². The third kappa shape index (κ3) is 3.02. The zero-order valence-corrected chi connectivity index (χ0v) is 10.7. The van der Waals surface area contributed by atoms with E-state index in [0.717, 1.165) is 23.0 Å². The van der Waals surface area contributed by atoms with E-state index in [9.17, 15) is 28.4 Å². The van der Waals surface area contributed by atoms with Crippen LogP contribution in [0.3, 0.4) is 0 Å². The molecule has 1 N–H and O–H groups in total. The van der Waals surface area contributed by atoms with Crippen molar-refractivity contribution < 1.29 is 23.2 Å². The second-order valence-electron chi connectivity index (χ2n) is 4.32. The molecule has 0 aliphatic carbocycles. The van der Waals surface area contributed by atoms with E-state index in [1.54, 1.807) is 0 Å². The lowest BCUT2D eigenvalue weighted by Crippen LogP contribution is -2.08. The molecule has 2 rings (SSSR count). The van der Waals surface area contributed by atoms with Gasteiger partial charge in [0.15, 0.2) is 5.69 Å². The van der Waals surface area contributed by atoms with Crippen molar-refractivity contribution in [2.75, 3.05) is 0 Å². The van der Waals surface area contributed by atoms with Crippen LogP contribution in [0.25, 0.3) is 5.69 Å². The Bertz CT molecular complexity index is 680. The number of aliphatic hydroxyl groups excluding tert-OH is 1. The molecule has 1 aromatic heterocycles. The van der Waals surface area contributed by atoms with Gasteiger partial charge in [-0.15, -0.1) is 0 Å². The van der Waals surface area contributed by atoms with Crippen LogP contribution >= 0.6 is 0 Å². The second-order valence-corrected chi connectivity index (χ2v) is 4.32. The molecule has 0 aliphatic rings. The van der Waals surface area contributed by atoms with Gasteiger partial charge in [-0.3, -0.25) is 10.1 Å². The Hall–Kier alpha value is -2.42. The highest BCUT2D eigenvalue weighted by molar-refractivity contribution is 5.54. The summed E-state index contributed by atoms with van der Waals surface area (Å²) in [5.74, 6) is 0. The van der Waals surface area contributed by atoms with Crippen LogP contribution in [0.1, 0.15) is 24.3 Å². The second kappa shape index (κ2) is 5.17. The van der Waals surface area contributed by atoms with E-state index in [1.807, 2.05) is 0 Å². The molecular formula is C12H10F3N3O3. The van der Waals surface area contributed by atoms with Crippen LogP contribution in [0.15, 0.2) is 30.5 Å². The number of aromatic nitrogens is 2. The Morgan fingerprint density at radius 3 is 2.52 bits per heavy atom. The lowest BCUT2D eigenvalue weighted by molar-refractivity contribution is -0.384. The molecule has 112 valence electrons. The van der Waals surface area contributed by atoms with E-state index in [-0.39, 0.29) is 11.3 Å². The van der Waals surface area contributed by atoms with E-state index in [1.165, 1.54) is 19.1 Å². The molecule has 1 atom stereocenters. The molecule has 0 amide bonds. The number of hydrogen-bond acceptors (Lipinski definition) is 4. The average molecular weight is 301 g/mol. The minimum atomic E-state index is -4.63. The molecule has 2 aromatic rings. The molecular weight excluding hydrogens is 291 g/mol. The number of benzene rings is 1. The van der Waals surface area contributed by atoms with Crippen molar-refractivity contribution in [2.24, 2.45) is 0 Å². The molecule has 6 nitrogen and oxygen atoms in total. The molecule has 9 heteroatoms. The molecule has 0 bridgehead atoms. The fraction of sp³-hybridized carbons (Fsp3) is 0.250. The van der Waals surface area contributed by atoms with Gasteiger partial charge in [0, 0.05) is 12.3 Å². The first-order chi connectivity index (χ1) is 9.70. The molecule has 0 aliphatic heterocycles. The van der Waals surface area contributed by atoms with E-state index in [4.69, 9.17) is 0 Å². The SMILES string of the molecule is C[C@@H](O)c1ccc(-n2ccc(C(F)(F)F)n2)c([N+](=O)[O-])c1. The fourth-order valence-electron chi connectivity index (χ4n) is 1.75. The largest absolute Gasteiger partial charge is 0.435 e. The van der Waals surface area contributed by atoms with Crippen LogP contribution in [0, 0.1) is 10.1 Å². The van der Waals surface area contributed by atoms with Gasteiger partial charge in [-0.2, -0.15) is 18.3 Å². The summed E-state index contributed by atoms with van der Waals surface area (Å²) in [5, 5.41) is 23.7. The minimum absolute atomic E-state index is 0.111. The molecule has 21 heavy (non-hydrogen) atoms. The maximum Gasteiger partial charge on any atom is 0.435 e. The quantitative estimate of drug-likeness (QED) is 0.698. The van der Waals surface area contributed by atoms with Crippen molar-refractivity contribution in [1.82, 2.24) is 9.78 Å². The van der Waals surface area contributed by atoms with Gasteiger partial charge < -0.3 is 5.11 Å². The molecule has 0 saturated heterocycles. The summed E-state index contributed by atoms with van der Waals surface area (Å²) in [6.07, 6.45) is -4.56. The van der Waals surface area contributed by atoms with Gasteiger partial charge in [0.25, 0.3) is 5.69 Å². The Balaban J connectivity index is 2.53. The van der Waals surface area contributed by atoms with Crippen LogP contribution in [-0.2, 0) is 6.18 Å². The van der Waals surface area contributed by atoms with Crippen molar-refractivity contribution in [3.8, 4) is 5.69 Å². The van der Waals surface area contributed by atoms with Crippen molar-refractivity contribution >= 4 is 5.69 Å². The third-order valence-corrected chi connectivity index (χ3v) is 2.80. The lowest BCUT2D eigenvalue weighted by Gasteiger charge is -2.08. The average Bonchev–Trinajstić information content (AvgIpc) is 2.87. The number of nitro groups is 1. The highest BCUT2D eigenvalue weighted by atomic mass is 19.4. The van der Waals surface area contributed by atoms with Crippen LogP contribution in [0.2, 0.25) is 0 Å². The summed E-state index contributed by atoms with van der Waals surface area (Å²) in [7, 11) is 0. The number of aliphatic hydroxyl groups is 1. The van der Waals surface area contributed by atoms with Crippen molar-refractivity contribution in [3.63, 3.8) is 0 Å². The van der Waals surface area contributed by atoms with Gasteiger partial charge in [-0.25, -0.2) is 4.68 Å². The van der Waals surface area contributed by atoms with E-state index >= 15 is 0 Å². The van der Waals surface area contributed by atoms with Crippen LogP contribution in [0.5, 0.6) is 0 Å². The van der Waals surface area contributed by atoms with Gasteiger partial charge in [-0.05, 0) is 24.6 Å². The first-order valence-electron chi connectivity index (χ1n) is 5.80. The topological polar surface area (TPSA) is 81.2 Å². The maximum atomic E-state index is 12.5. The van der Waals surface area contributed by atoms with Gasteiger partial charge in [0.2, 0.25) is 0 Å². The molecule has 1 aromatic carbocycles. The first-order valence-corrected chi connectivity index (χ1v) is 5.80. The van der Waals surface area contributed by atoms with Crippen molar-refractivity contribution in [3.05, 3.63) is 51.8 Å². The predicted octanol–water partition coefficient (Wildman–Crippen LogP) is 2.85. The Morgan fingerprint density at radius 1 is 1.38 bits per heavy atom. The third-order valence-electron chi connectivity index (χ3n) is 2.80. The molecule has 1 heterocycles. The highest BCUT2D eigenvalue weighted by Crippen LogP contribution is 2.30. The molecule has 0 fully saturated rings. The first kappa shape index (κ1) is 15.0. The Labute approximate surface area is 116 Å². The summed E-state index contributed by atoms with van der Waals surface area (Å²) in [6.45, 7) is 1.43. The maximum absolute atomic E-state index is 12.5. The lowest BCUT2D eigenvalue weighted by atomic mass is 10.1. The normalized spacial score (nSPS) is 13.2. The van der Waals surface area contributed by atoms with Gasteiger partial charge in [-0.1, -0.05) is 6.07 Å². The van der Waals surface area contributed by atoms with E-state index in [2.05, 4.69) is 5.10 Å². The predicted molar refractivity (Wildman–Crippen MR) is 65.9 cm³/mol. The van der Waals surface area contributed by atoms with Crippen molar-refractivity contribution in [1.29, 1.82) is 0 Å². The van der Waals surface area contributed by atoms with Crippen LogP contribution in [0.4, 0.5) is 18.9 Å². The summed E-state index contributed by atoms with van der Waals surface area (Å²) in [5.41, 5.74) is -1.41. The van der Waals surface area contributed by atoms with E-state index in [0.29, 0.717) is 0 Å². The smallest absolute Gasteiger partial charge is 0.389 e. The van der Waals surface area contributed by atoms with Gasteiger partial charge in [0.1, 0.15) is 5.69 Å². The Kier molecular flexibility index (Phi) is 3.69. The number of halogens is 3. The summed E-state index contributed by atoms with van der Waals surface area (Å²) in [6, 6.07) is 4.47. The Morgan fingerprint density at radius 2 is 2.05 bits per heavy atom. The van der Waals surface area contributed by atoms with Crippen molar-refractivity contribution in [2.45, 2.75) is 19.2 Å². The fourth-order valence-corrected chi connectivity index (χ4v) is 1.75. The highest BCUT2D eigenvalue weighted by Gasteiger charge is 2.34. The zero-order chi connectivity index (χ0) is 15.8. The molecule has 0 unspecified atom stereocenters.